The Morgan fingerprint density at radius 1 is 1.31 bits per heavy atom. The van der Waals surface area contributed by atoms with Crippen LogP contribution in [0.3, 0.4) is 0 Å². The molecular formula is C14H24N2. The molecule has 1 rings (SSSR count). The zero-order valence-corrected chi connectivity index (χ0v) is 11.0. The summed E-state index contributed by atoms with van der Waals surface area (Å²) in [4.78, 5) is 4.18. The average molecular weight is 220 g/mol. The molecule has 0 saturated heterocycles. The highest BCUT2D eigenvalue weighted by molar-refractivity contribution is 5.24. The summed E-state index contributed by atoms with van der Waals surface area (Å²) >= 11 is 0. The van der Waals surface area contributed by atoms with Crippen LogP contribution in [0.2, 0.25) is 0 Å². The van der Waals surface area contributed by atoms with E-state index in [-0.39, 0.29) is 0 Å². The molecule has 90 valence electrons. The predicted molar refractivity (Wildman–Crippen MR) is 69.5 cm³/mol. The first kappa shape index (κ1) is 13.2. The maximum Gasteiger partial charge on any atom is 0.0318 e. The van der Waals surface area contributed by atoms with E-state index in [1.807, 2.05) is 12.4 Å². The highest BCUT2D eigenvalue weighted by Gasteiger charge is 2.07. The fraction of sp³-hybridized carbons (Fsp3) is 0.643. The van der Waals surface area contributed by atoms with Gasteiger partial charge in [-0.2, -0.15) is 0 Å². The Kier molecular flexibility index (Phi) is 5.47. The lowest BCUT2D eigenvalue weighted by Crippen LogP contribution is -2.21. The topological polar surface area (TPSA) is 24.9 Å². The van der Waals surface area contributed by atoms with E-state index in [4.69, 9.17) is 0 Å². The van der Waals surface area contributed by atoms with Crippen LogP contribution in [0.15, 0.2) is 18.5 Å². The van der Waals surface area contributed by atoms with Gasteiger partial charge >= 0.3 is 0 Å². The number of rotatable bonds is 6. The second-order valence-corrected chi connectivity index (χ2v) is 4.94. The molecule has 1 aromatic rings. The lowest BCUT2D eigenvalue weighted by molar-refractivity contribution is 0.496. The molecule has 2 nitrogen and oxygen atoms in total. The molecular weight excluding hydrogens is 196 g/mol. The van der Waals surface area contributed by atoms with E-state index >= 15 is 0 Å². The molecule has 0 spiro atoms. The molecule has 1 heterocycles. The van der Waals surface area contributed by atoms with E-state index in [2.05, 4.69) is 44.1 Å². The molecule has 1 N–H and O–H groups in total. The molecule has 2 heteroatoms. The van der Waals surface area contributed by atoms with Gasteiger partial charge in [-0.1, -0.05) is 13.8 Å². The molecule has 0 radical (unpaired) electrons. The van der Waals surface area contributed by atoms with E-state index in [1.54, 1.807) is 0 Å². The molecule has 0 fully saturated rings. The summed E-state index contributed by atoms with van der Waals surface area (Å²) in [6, 6.07) is 2.47. The van der Waals surface area contributed by atoms with Crippen LogP contribution in [0.1, 0.15) is 50.8 Å². The van der Waals surface area contributed by atoms with Crippen molar-refractivity contribution in [3.05, 3.63) is 29.6 Å². The largest absolute Gasteiger partial charge is 0.310 e. The molecule has 0 aromatic carbocycles. The lowest BCUT2D eigenvalue weighted by atomic mass is 10.0. The van der Waals surface area contributed by atoms with E-state index in [0.717, 1.165) is 12.5 Å². The van der Waals surface area contributed by atoms with E-state index in [1.165, 1.54) is 24.0 Å². The average Bonchev–Trinajstić information content (AvgIpc) is 2.24. The standard InChI is InChI=1S/C14H24N2/c1-11(2)6-5-8-16-13(4)14-10-15-9-7-12(14)3/h7,9-11,13,16H,5-6,8H2,1-4H3. The Morgan fingerprint density at radius 2 is 2.06 bits per heavy atom. The Morgan fingerprint density at radius 3 is 2.69 bits per heavy atom. The molecule has 16 heavy (non-hydrogen) atoms. The zero-order valence-electron chi connectivity index (χ0n) is 11.0. The van der Waals surface area contributed by atoms with Crippen LogP contribution >= 0.6 is 0 Å². The summed E-state index contributed by atoms with van der Waals surface area (Å²) in [5, 5.41) is 3.56. The van der Waals surface area contributed by atoms with E-state index in [0.29, 0.717) is 6.04 Å². The lowest BCUT2D eigenvalue weighted by Gasteiger charge is -2.16. The van der Waals surface area contributed by atoms with Crippen LogP contribution < -0.4 is 5.32 Å². The summed E-state index contributed by atoms with van der Waals surface area (Å²) in [6.45, 7) is 9.99. The predicted octanol–water partition coefficient (Wildman–Crippen LogP) is 3.48. The van der Waals surface area contributed by atoms with Gasteiger partial charge in [-0.3, -0.25) is 4.98 Å². The van der Waals surface area contributed by atoms with Crippen LogP contribution in [0, 0.1) is 12.8 Å². The third kappa shape index (κ3) is 4.31. The van der Waals surface area contributed by atoms with Gasteiger partial charge in [0.1, 0.15) is 0 Å². The van der Waals surface area contributed by atoms with E-state index in [9.17, 15) is 0 Å². The third-order valence-electron chi connectivity index (χ3n) is 2.95. The first-order chi connectivity index (χ1) is 7.61. The minimum absolute atomic E-state index is 0.404. The molecule has 1 aromatic heterocycles. The van der Waals surface area contributed by atoms with Crippen LogP contribution in [-0.2, 0) is 0 Å². The maximum atomic E-state index is 4.18. The molecule has 1 atom stereocenters. The molecule has 0 bridgehead atoms. The zero-order chi connectivity index (χ0) is 12.0. The minimum Gasteiger partial charge on any atom is -0.310 e. The Labute approximate surface area is 99.5 Å². The van der Waals surface area contributed by atoms with Gasteiger partial charge in [0.15, 0.2) is 0 Å². The number of aromatic nitrogens is 1. The Hall–Kier alpha value is -0.890. The van der Waals surface area contributed by atoms with Gasteiger partial charge < -0.3 is 5.32 Å². The molecule has 0 aliphatic carbocycles. The minimum atomic E-state index is 0.404. The van der Waals surface area contributed by atoms with E-state index < -0.39 is 0 Å². The van der Waals surface area contributed by atoms with Crippen molar-refractivity contribution in [2.24, 2.45) is 5.92 Å². The second-order valence-electron chi connectivity index (χ2n) is 4.94. The first-order valence-corrected chi connectivity index (χ1v) is 6.25. The van der Waals surface area contributed by atoms with Crippen molar-refractivity contribution >= 4 is 0 Å². The summed E-state index contributed by atoms with van der Waals surface area (Å²) in [5.41, 5.74) is 2.63. The highest BCUT2D eigenvalue weighted by Crippen LogP contribution is 2.15. The second kappa shape index (κ2) is 6.64. The van der Waals surface area contributed by atoms with Crippen LogP contribution in [0.25, 0.3) is 0 Å². The number of aryl methyl sites for hydroxylation is 1. The third-order valence-corrected chi connectivity index (χ3v) is 2.95. The van der Waals surface area contributed by atoms with Crippen molar-refractivity contribution in [3.8, 4) is 0 Å². The van der Waals surface area contributed by atoms with Crippen molar-refractivity contribution in [1.29, 1.82) is 0 Å². The van der Waals surface area contributed by atoms with Crippen molar-refractivity contribution < 1.29 is 0 Å². The van der Waals surface area contributed by atoms with Gasteiger partial charge in [0.05, 0.1) is 0 Å². The highest BCUT2D eigenvalue weighted by atomic mass is 14.9. The van der Waals surface area contributed by atoms with Gasteiger partial charge in [-0.15, -0.1) is 0 Å². The molecule has 1 unspecified atom stereocenters. The molecule has 0 amide bonds. The number of hydrogen-bond donors (Lipinski definition) is 1. The summed E-state index contributed by atoms with van der Waals surface area (Å²) in [5.74, 6) is 0.803. The number of hydrogen-bond acceptors (Lipinski definition) is 2. The molecule has 0 aliphatic rings. The SMILES string of the molecule is Cc1ccncc1C(C)NCCCC(C)C. The van der Waals surface area contributed by atoms with Crippen molar-refractivity contribution in [1.82, 2.24) is 10.3 Å². The quantitative estimate of drug-likeness (QED) is 0.742. The van der Waals surface area contributed by atoms with Crippen molar-refractivity contribution in [2.45, 2.75) is 46.6 Å². The number of nitrogens with zero attached hydrogens (tertiary/aromatic N) is 1. The number of nitrogens with one attached hydrogen (secondary N) is 1. The molecule has 0 aliphatic heterocycles. The first-order valence-electron chi connectivity index (χ1n) is 6.25. The van der Waals surface area contributed by atoms with Crippen LogP contribution in [-0.4, -0.2) is 11.5 Å². The fourth-order valence-corrected chi connectivity index (χ4v) is 1.87. The maximum absolute atomic E-state index is 4.18. The van der Waals surface area contributed by atoms with Crippen molar-refractivity contribution in [3.63, 3.8) is 0 Å². The fourth-order valence-electron chi connectivity index (χ4n) is 1.87. The summed E-state index contributed by atoms with van der Waals surface area (Å²) in [6.07, 6.45) is 6.37. The Balaban J connectivity index is 2.35. The van der Waals surface area contributed by atoms with Gasteiger partial charge in [0.25, 0.3) is 0 Å². The Bertz CT molecular complexity index is 307. The summed E-state index contributed by atoms with van der Waals surface area (Å²) < 4.78 is 0. The molecule has 0 saturated carbocycles. The van der Waals surface area contributed by atoms with Gasteiger partial charge in [0, 0.05) is 18.4 Å². The van der Waals surface area contributed by atoms with Gasteiger partial charge in [-0.05, 0) is 56.3 Å². The smallest absolute Gasteiger partial charge is 0.0318 e. The monoisotopic (exact) mass is 220 g/mol. The van der Waals surface area contributed by atoms with Gasteiger partial charge in [0.2, 0.25) is 0 Å². The number of pyridine rings is 1. The van der Waals surface area contributed by atoms with Crippen LogP contribution in [0.4, 0.5) is 0 Å². The van der Waals surface area contributed by atoms with Crippen LogP contribution in [0.5, 0.6) is 0 Å². The normalized spacial score (nSPS) is 13.1. The van der Waals surface area contributed by atoms with Gasteiger partial charge in [-0.25, -0.2) is 0 Å². The van der Waals surface area contributed by atoms with Crippen molar-refractivity contribution in [2.75, 3.05) is 6.54 Å². The summed E-state index contributed by atoms with van der Waals surface area (Å²) in [7, 11) is 0.